The molecule has 0 aliphatic heterocycles. The lowest BCUT2D eigenvalue weighted by atomic mass is 9.97. The van der Waals surface area contributed by atoms with E-state index in [1.165, 1.54) is 24.0 Å². The highest BCUT2D eigenvalue weighted by atomic mass is 32.2. The first-order valence-electron chi connectivity index (χ1n) is 7.17. The average molecular weight is 277 g/mol. The van der Waals surface area contributed by atoms with Gasteiger partial charge in [-0.3, -0.25) is 0 Å². The number of thioether (sulfide) groups is 1. The highest BCUT2D eigenvalue weighted by molar-refractivity contribution is 8.00. The fourth-order valence-corrected chi connectivity index (χ4v) is 4.17. The van der Waals surface area contributed by atoms with Crippen LogP contribution in [0.1, 0.15) is 54.8 Å². The standard InChI is InChI=1S/C16H23NOS/c1-10-4-5-13(18)15-12(8-11(2)14(10)15)17-9-16(19-3)6-7-16/h4-5,11-12,17-18H,6-9H2,1-3H3. The number of hydrogen-bond donors (Lipinski definition) is 2. The molecule has 0 bridgehead atoms. The molecular weight excluding hydrogens is 254 g/mol. The van der Waals surface area contributed by atoms with Gasteiger partial charge in [-0.25, -0.2) is 0 Å². The first-order chi connectivity index (χ1) is 9.06. The van der Waals surface area contributed by atoms with Crippen molar-refractivity contribution in [1.29, 1.82) is 0 Å². The molecule has 0 radical (unpaired) electrons. The summed E-state index contributed by atoms with van der Waals surface area (Å²) in [5.74, 6) is 1.01. The molecule has 2 aliphatic rings. The molecule has 1 fully saturated rings. The molecule has 0 spiro atoms. The summed E-state index contributed by atoms with van der Waals surface area (Å²) in [6, 6.07) is 4.22. The van der Waals surface area contributed by atoms with Gasteiger partial charge in [0, 0.05) is 22.9 Å². The molecule has 2 nitrogen and oxygen atoms in total. The molecule has 0 heterocycles. The molecule has 3 heteroatoms. The van der Waals surface area contributed by atoms with Crippen molar-refractivity contribution in [2.45, 2.75) is 49.8 Å². The highest BCUT2D eigenvalue weighted by Crippen LogP contribution is 2.49. The highest BCUT2D eigenvalue weighted by Gasteiger charge is 2.43. The van der Waals surface area contributed by atoms with Gasteiger partial charge >= 0.3 is 0 Å². The van der Waals surface area contributed by atoms with E-state index in [0.717, 1.165) is 18.5 Å². The summed E-state index contributed by atoms with van der Waals surface area (Å²) in [4.78, 5) is 0. The van der Waals surface area contributed by atoms with Crippen molar-refractivity contribution >= 4 is 11.8 Å². The second kappa shape index (κ2) is 4.71. The summed E-state index contributed by atoms with van der Waals surface area (Å²) in [5.41, 5.74) is 3.84. The first kappa shape index (κ1) is 13.3. The van der Waals surface area contributed by atoms with Crippen LogP contribution in [-0.4, -0.2) is 22.7 Å². The fraction of sp³-hybridized carbons (Fsp3) is 0.625. The Hall–Kier alpha value is -0.670. The molecule has 2 unspecified atom stereocenters. The van der Waals surface area contributed by atoms with Crippen LogP contribution in [-0.2, 0) is 0 Å². The Bertz CT molecular complexity index is 496. The zero-order valence-corrected chi connectivity index (χ0v) is 12.8. The summed E-state index contributed by atoms with van der Waals surface area (Å²) in [6.07, 6.45) is 5.98. The molecule has 1 aromatic carbocycles. The SMILES string of the molecule is CSC1(CNC2CC(C)c3c(C)ccc(O)c32)CC1. The van der Waals surface area contributed by atoms with Gasteiger partial charge in [0.2, 0.25) is 0 Å². The third-order valence-electron chi connectivity index (χ3n) is 4.82. The molecule has 3 rings (SSSR count). The van der Waals surface area contributed by atoms with Gasteiger partial charge in [0.15, 0.2) is 0 Å². The van der Waals surface area contributed by atoms with Crippen LogP contribution in [0.3, 0.4) is 0 Å². The summed E-state index contributed by atoms with van der Waals surface area (Å²) >= 11 is 1.99. The smallest absolute Gasteiger partial charge is 0.120 e. The van der Waals surface area contributed by atoms with Crippen LogP contribution >= 0.6 is 11.8 Å². The van der Waals surface area contributed by atoms with Gasteiger partial charge in [-0.05, 0) is 55.6 Å². The number of fused-ring (bicyclic) bond motifs is 1. The predicted molar refractivity (Wildman–Crippen MR) is 82.1 cm³/mol. The average Bonchev–Trinajstić information content (AvgIpc) is 3.10. The van der Waals surface area contributed by atoms with Crippen LogP contribution in [0.15, 0.2) is 12.1 Å². The van der Waals surface area contributed by atoms with Gasteiger partial charge in [0.25, 0.3) is 0 Å². The van der Waals surface area contributed by atoms with Gasteiger partial charge in [-0.1, -0.05) is 13.0 Å². The van der Waals surface area contributed by atoms with Crippen LogP contribution < -0.4 is 5.32 Å². The van der Waals surface area contributed by atoms with Crippen LogP contribution in [0.25, 0.3) is 0 Å². The summed E-state index contributed by atoms with van der Waals surface area (Å²) in [7, 11) is 0. The minimum atomic E-state index is 0.328. The summed E-state index contributed by atoms with van der Waals surface area (Å²) in [5, 5.41) is 13.9. The van der Waals surface area contributed by atoms with E-state index in [0.29, 0.717) is 22.5 Å². The number of phenolic OH excluding ortho intramolecular Hbond substituents is 1. The topological polar surface area (TPSA) is 32.3 Å². The molecule has 104 valence electrons. The maximum Gasteiger partial charge on any atom is 0.120 e. The van der Waals surface area contributed by atoms with Crippen LogP contribution in [0.2, 0.25) is 0 Å². The van der Waals surface area contributed by atoms with E-state index in [9.17, 15) is 5.11 Å². The Balaban J connectivity index is 1.81. The zero-order chi connectivity index (χ0) is 13.6. The van der Waals surface area contributed by atoms with Crippen molar-refractivity contribution in [2.75, 3.05) is 12.8 Å². The predicted octanol–water partition coefficient (Wildman–Crippen LogP) is 3.73. The molecule has 0 aromatic heterocycles. The first-order valence-corrected chi connectivity index (χ1v) is 8.40. The molecule has 2 atom stereocenters. The fourth-order valence-electron chi connectivity index (χ4n) is 3.43. The zero-order valence-electron chi connectivity index (χ0n) is 12.0. The van der Waals surface area contributed by atoms with E-state index in [1.54, 1.807) is 0 Å². The number of aryl methyl sites for hydroxylation is 1. The molecule has 0 saturated heterocycles. The molecule has 2 aliphatic carbocycles. The number of nitrogens with one attached hydrogen (secondary N) is 1. The van der Waals surface area contributed by atoms with Gasteiger partial charge < -0.3 is 10.4 Å². The number of phenols is 1. The number of benzene rings is 1. The van der Waals surface area contributed by atoms with Crippen molar-refractivity contribution in [3.63, 3.8) is 0 Å². The monoisotopic (exact) mass is 277 g/mol. The third-order valence-corrected chi connectivity index (χ3v) is 6.24. The summed E-state index contributed by atoms with van der Waals surface area (Å²) < 4.78 is 0.478. The molecule has 0 amide bonds. The van der Waals surface area contributed by atoms with E-state index >= 15 is 0 Å². The lowest BCUT2D eigenvalue weighted by Crippen LogP contribution is -2.29. The summed E-state index contributed by atoms with van der Waals surface area (Å²) in [6.45, 7) is 5.49. The van der Waals surface area contributed by atoms with Crippen molar-refractivity contribution in [3.05, 3.63) is 28.8 Å². The lowest BCUT2D eigenvalue weighted by molar-refractivity contribution is 0.444. The lowest BCUT2D eigenvalue weighted by Gasteiger charge is -2.19. The normalized spacial score (nSPS) is 27.3. The van der Waals surface area contributed by atoms with E-state index < -0.39 is 0 Å². The van der Waals surface area contributed by atoms with Crippen molar-refractivity contribution in [1.82, 2.24) is 5.32 Å². The number of hydrogen-bond acceptors (Lipinski definition) is 3. The maximum atomic E-state index is 10.2. The second-order valence-electron chi connectivity index (χ2n) is 6.19. The second-order valence-corrected chi connectivity index (χ2v) is 7.46. The largest absolute Gasteiger partial charge is 0.508 e. The molecule has 19 heavy (non-hydrogen) atoms. The minimum absolute atomic E-state index is 0.328. The molecule has 1 aromatic rings. The maximum absolute atomic E-state index is 10.2. The Morgan fingerprint density at radius 2 is 2.11 bits per heavy atom. The van der Waals surface area contributed by atoms with Crippen molar-refractivity contribution < 1.29 is 5.11 Å². The van der Waals surface area contributed by atoms with Gasteiger partial charge in [0.1, 0.15) is 5.75 Å². The minimum Gasteiger partial charge on any atom is -0.508 e. The Morgan fingerprint density at radius 1 is 1.37 bits per heavy atom. The quantitative estimate of drug-likeness (QED) is 0.879. The molecule has 2 N–H and O–H groups in total. The Labute approximate surface area is 120 Å². The Morgan fingerprint density at radius 3 is 2.74 bits per heavy atom. The van der Waals surface area contributed by atoms with Crippen LogP contribution in [0.4, 0.5) is 0 Å². The third kappa shape index (κ3) is 2.27. The van der Waals surface area contributed by atoms with E-state index in [2.05, 4.69) is 25.4 Å². The molecular formula is C16H23NOS. The van der Waals surface area contributed by atoms with Crippen molar-refractivity contribution in [3.8, 4) is 5.75 Å². The van der Waals surface area contributed by atoms with Crippen LogP contribution in [0, 0.1) is 6.92 Å². The van der Waals surface area contributed by atoms with E-state index in [4.69, 9.17) is 0 Å². The van der Waals surface area contributed by atoms with Gasteiger partial charge in [0.05, 0.1) is 0 Å². The number of aromatic hydroxyl groups is 1. The van der Waals surface area contributed by atoms with Crippen molar-refractivity contribution in [2.24, 2.45) is 0 Å². The van der Waals surface area contributed by atoms with E-state index in [1.807, 2.05) is 23.9 Å². The molecule has 1 saturated carbocycles. The van der Waals surface area contributed by atoms with E-state index in [-0.39, 0.29) is 0 Å². The van der Waals surface area contributed by atoms with Crippen LogP contribution in [0.5, 0.6) is 5.75 Å². The number of rotatable bonds is 4. The van der Waals surface area contributed by atoms with Gasteiger partial charge in [-0.15, -0.1) is 0 Å². The Kier molecular flexibility index (Phi) is 3.30. The van der Waals surface area contributed by atoms with Gasteiger partial charge in [-0.2, -0.15) is 11.8 Å².